The van der Waals surface area contributed by atoms with Crippen molar-refractivity contribution in [3.05, 3.63) is 107 Å². The summed E-state index contributed by atoms with van der Waals surface area (Å²) >= 11 is 2.36. The van der Waals surface area contributed by atoms with Gasteiger partial charge in [0.2, 0.25) is 0 Å². The van der Waals surface area contributed by atoms with Crippen molar-refractivity contribution in [2.24, 2.45) is 7.05 Å². The van der Waals surface area contributed by atoms with E-state index in [2.05, 4.69) is 139 Å². The molecular formula is C34H31BN6OPt-2. The number of benzene rings is 3. The van der Waals surface area contributed by atoms with Crippen LogP contribution in [-0.4, -0.2) is 30.8 Å². The van der Waals surface area contributed by atoms with Crippen LogP contribution in [0, 0.1) is 15.9 Å². The van der Waals surface area contributed by atoms with Gasteiger partial charge in [0.15, 0.2) is 0 Å². The van der Waals surface area contributed by atoms with Gasteiger partial charge in [-0.1, -0.05) is 27.7 Å². The van der Waals surface area contributed by atoms with Crippen molar-refractivity contribution < 1.29 is 24.1 Å². The van der Waals surface area contributed by atoms with Gasteiger partial charge in [0, 0.05) is 12.4 Å². The molecule has 9 heteroatoms. The Labute approximate surface area is 262 Å². The number of para-hydroxylation sites is 2. The molecule has 3 aromatic heterocycles. The van der Waals surface area contributed by atoms with Crippen molar-refractivity contribution in [3.8, 4) is 28.4 Å². The van der Waals surface area contributed by atoms with Crippen LogP contribution in [0.15, 0.2) is 85.2 Å². The Morgan fingerprint density at radius 2 is 1.70 bits per heavy atom. The molecule has 0 N–H and O–H groups in total. The molecule has 1 aliphatic heterocycles. The first-order valence-corrected chi connectivity index (χ1v) is 15.6. The number of aromatic nitrogens is 5. The Hall–Kier alpha value is -4.16. The first-order valence-electron chi connectivity index (χ1n) is 14.4. The van der Waals surface area contributed by atoms with Gasteiger partial charge >= 0.3 is 202 Å². The van der Waals surface area contributed by atoms with Crippen molar-refractivity contribution >= 4 is 29.5 Å². The molecule has 0 saturated heterocycles. The average Bonchev–Trinajstić information content (AvgIpc) is 3.59. The van der Waals surface area contributed by atoms with Gasteiger partial charge in [-0.2, -0.15) is 5.10 Å². The minimum Gasteiger partial charge on any atom is -0.193 e. The molecule has 7 nitrogen and oxygen atoms in total. The Morgan fingerprint density at radius 3 is 2.49 bits per heavy atom. The summed E-state index contributed by atoms with van der Waals surface area (Å²) in [5.41, 5.74) is 7.42. The van der Waals surface area contributed by atoms with E-state index in [-0.39, 0.29) is 12.4 Å². The Balaban J connectivity index is 1.31. The molecule has 7 rings (SSSR count). The minimum absolute atomic E-state index is 0.00957. The maximum atomic E-state index is 6.46. The van der Waals surface area contributed by atoms with E-state index in [9.17, 15) is 0 Å². The number of imidazole rings is 1. The van der Waals surface area contributed by atoms with Gasteiger partial charge in [-0.05, 0) is 17.0 Å². The van der Waals surface area contributed by atoms with Crippen molar-refractivity contribution in [2.45, 2.75) is 39.4 Å². The van der Waals surface area contributed by atoms with Crippen LogP contribution in [0.3, 0.4) is 0 Å². The molecule has 0 atom stereocenters. The number of hydrogen-bond acceptors (Lipinski definition) is 4. The molecule has 0 saturated carbocycles. The third kappa shape index (κ3) is 4.69. The van der Waals surface area contributed by atoms with Crippen LogP contribution in [0.5, 0.6) is 11.5 Å². The molecule has 3 aromatic carbocycles. The second kappa shape index (κ2) is 10.5. The molecule has 6 aromatic rings. The monoisotopic (exact) mass is 745 g/mol. The summed E-state index contributed by atoms with van der Waals surface area (Å²) < 4.78 is 14.0. The van der Waals surface area contributed by atoms with Crippen molar-refractivity contribution in [1.82, 2.24) is 23.8 Å². The molecule has 0 aliphatic carbocycles. The molecule has 4 heterocycles. The number of pyridine rings is 1. The van der Waals surface area contributed by atoms with Gasteiger partial charge in [0.1, 0.15) is 0 Å². The van der Waals surface area contributed by atoms with E-state index < -0.39 is 0 Å². The van der Waals surface area contributed by atoms with Crippen LogP contribution in [0.25, 0.3) is 28.0 Å². The van der Waals surface area contributed by atoms with Crippen LogP contribution in [-0.2, 0) is 31.8 Å². The summed E-state index contributed by atoms with van der Waals surface area (Å²) in [5.74, 6) is 2.10. The van der Waals surface area contributed by atoms with Gasteiger partial charge in [-0.3, -0.25) is 0 Å². The average molecular weight is 746 g/mol. The van der Waals surface area contributed by atoms with E-state index in [0.717, 1.165) is 49.6 Å². The van der Waals surface area contributed by atoms with Crippen LogP contribution in [0.1, 0.15) is 33.3 Å². The molecule has 0 spiro atoms. The van der Waals surface area contributed by atoms with Crippen LogP contribution >= 0.6 is 0 Å². The van der Waals surface area contributed by atoms with Gasteiger partial charge in [0.05, 0.1) is 0 Å². The minimum atomic E-state index is -0.0495. The normalized spacial score (nSPS) is 12.9. The number of aryl methyl sites for hydroxylation is 1. The molecule has 43 heavy (non-hydrogen) atoms. The molecule has 0 fully saturated rings. The number of ether oxygens (including phenoxy) is 1. The van der Waals surface area contributed by atoms with Crippen molar-refractivity contribution in [1.29, 1.82) is 0 Å². The summed E-state index contributed by atoms with van der Waals surface area (Å²) in [4.78, 5) is 7.08. The summed E-state index contributed by atoms with van der Waals surface area (Å²) in [6.45, 7) is 8.79. The molecule has 0 unspecified atom stereocenters. The number of nitrogens with zero attached hydrogens (tertiary/aromatic N) is 6. The Morgan fingerprint density at radius 1 is 0.907 bits per heavy atom. The zero-order chi connectivity index (χ0) is 29.9. The van der Waals surface area contributed by atoms with E-state index in [4.69, 9.17) is 14.8 Å². The molecule has 1 aliphatic rings. The van der Waals surface area contributed by atoms with Gasteiger partial charge in [0.25, 0.3) is 0 Å². The molecule has 0 bridgehead atoms. The van der Waals surface area contributed by atoms with Gasteiger partial charge < -0.3 is 0 Å². The summed E-state index contributed by atoms with van der Waals surface area (Å²) in [7, 11) is 2.08. The molecule has 0 radical (unpaired) electrons. The summed E-state index contributed by atoms with van der Waals surface area (Å²) in [5, 5.41) is 4.71. The molecule has 0 amide bonds. The first kappa shape index (κ1) is 27.7. The Kier molecular flexibility index (Phi) is 6.77. The van der Waals surface area contributed by atoms with E-state index in [1.807, 2.05) is 30.6 Å². The SMILES string of the molecule is CCB1N(c2cc(C(C)(C)C)ccn2)c2[c-]c(Oc3[c-]c(-n4[c](=[Pt])n(C)c5ccccc54)ccc3)ccc2-c2ccnn21. The van der Waals surface area contributed by atoms with E-state index in [1.165, 1.54) is 5.56 Å². The fourth-order valence-electron chi connectivity index (χ4n) is 5.82. The number of fused-ring (bicyclic) bond motifs is 4. The fourth-order valence-corrected chi connectivity index (χ4v) is 6.64. The number of rotatable bonds is 5. The predicted octanol–water partition coefficient (Wildman–Crippen LogP) is 7.50. The zero-order valence-electron chi connectivity index (χ0n) is 24.8. The molecular weight excluding hydrogens is 714 g/mol. The second-order valence-electron chi connectivity index (χ2n) is 11.8. The van der Waals surface area contributed by atoms with Crippen molar-refractivity contribution in [3.63, 3.8) is 0 Å². The Bertz CT molecular complexity index is 2050. The van der Waals surface area contributed by atoms with E-state index in [0.29, 0.717) is 11.5 Å². The first-order chi connectivity index (χ1) is 20.7. The summed E-state index contributed by atoms with van der Waals surface area (Å²) in [6.07, 6.45) is 4.60. The predicted molar refractivity (Wildman–Crippen MR) is 168 cm³/mol. The van der Waals surface area contributed by atoms with Gasteiger partial charge in [-0.15, -0.1) is 0 Å². The second-order valence-corrected chi connectivity index (χ2v) is 12.8. The maximum absolute atomic E-state index is 6.46. The van der Waals surface area contributed by atoms with E-state index in [1.54, 1.807) is 0 Å². The standard InChI is InChI=1S/C34H31BN6O.Pt/c1-6-35-40(33-20-24(16-18-36-33)34(2,3)4)32-22-27(14-15-28(32)29-17-19-37-41(29)35)42-26-11-9-10-25(21-26)39-23-38(5)30-12-7-8-13-31(30)39;/h7-20H,6H2,1-5H3;/q-2;. The quantitative estimate of drug-likeness (QED) is 0.136. The van der Waals surface area contributed by atoms with Gasteiger partial charge in [-0.25, -0.2) is 0 Å². The third-order valence-corrected chi connectivity index (χ3v) is 9.28. The van der Waals surface area contributed by atoms with Crippen molar-refractivity contribution in [2.75, 3.05) is 4.81 Å². The zero-order valence-corrected chi connectivity index (χ0v) is 27.0. The van der Waals surface area contributed by atoms with Crippen LogP contribution in [0.2, 0.25) is 6.32 Å². The number of anilines is 2. The smallest absolute Gasteiger partial charge is 0.193 e. The fraction of sp³-hybridized carbons (Fsp3) is 0.206. The van der Waals surface area contributed by atoms with Crippen LogP contribution < -0.4 is 9.55 Å². The topological polar surface area (TPSA) is 53.0 Å². The van der Waals surface area contributed by atoms with E-state index >= 15 is 0 Å². The summed E-state index contributed by atoms with van der Waals surface area (Å²) in [6, 6.07) is 31.9. The number of hydrogen-bond donors (Lipinski definition) is 0. The molecule has 218 valence electrons. The van der Waals surface area contributed by atoms with Crippen LogP contribution in [0.4, 0.5) is 11.5 Å². The third-order valence-electron chi connectivity index (χ3n) is 8.01.